The highest BCUT2D eigenvalue weighted by Gasteiger charge is 2.17. The van der Waals surface area contributed by atoms with Gasteiger partial charge in [0.25, 0.3) is 0 Å². The number of carboxylic acid groups (broad SMARTS) is 1. The van der Waals surface area contributed by atoms with E-state index in [4.69, 9.17) is 5.11 Å². The van der Waals surface area contributed by atoms with Gasteiger partial charge in [0.2, 0.25) is 0 Å². The van der Waals surface area contributed by atoms with Crippen LogP contribution in [-0.2, 0) is 14.3 Å². The third-order valence-corrected chi connectivity index (χ3v) is 1.85. The van der Waals surface area contributed by atoms with Crippen LogP contribution < -0.4 is 10.6 Å². The monoisotopic (exact) mass is 244 g/mol. The lowest BCUT2D eigenvalue weighted by molar-refractivity contribution is -0.141. The Morgan fingerprint density at radius 2 is 2.12 bits per heavy atom. The summed E-state index contributed by atoms with van der Waals surface area (Å²) in [5, 5.41) is 13.3. The predicted octanol–water partition coefficient (Wildman–Crippen LogP) is -0.122. The van der Waals surface area contributed by atoms with Crippen molar-refractivity contribution in [3.63, 3.8) is 0 Å². The first-order chi connectivity index (χ1) is 8.01. The molecule has 7 heteroatoms. The van der Waals surface area contributed by atoms with Crippen molar-refractivity contribution in [2.45, 2.75) is 18.9 Å². The van der Waals surface area contributed by atoms with E-state index in [-0.39, 0.29) is 19.4 Å². The van der Waals surface area contributed by atoms with Crippen LogP contribution in [0.1, 0.15) is 12.8 Å². The molecule has 3 N–H and O–H groups in total. The molecule has 7 nitrogen and oxygen atoms in total. The quantitative estimate of drug-likeness (QED) is 0.427. The predicted molar refractivity (Wildman–Crippen MR) is 59.4 cm³/mol. The van der Waals surface area contributed by atoms with Crippen LogP contribution in [0, 0.1) is 0 Å². The second-order valence-corrected chi connectivity index (χ2v) is 3.14. The van der Waals surface area contributed by atoms with Crippen LogP contribution in [0.2, 0.25) is 0 Å². The van der Waals surface area contributed by atoms with E-state index >= 15 is 0 Å². The van der Waals surface area contributed by atoms with Gasteiger partial charge in [-0.15, -0.1) is 6.58 Å². The number of carbonyl (C=O) groups is 3. The molecule has 0 heterocycles. The van der Waals surface area contributed by atoms with Gasteiger partial charge in [-0.2, -0.15) is 0 Å². The fourth-order valence-electron chi connectivity index (χ4n) is 0.978. The van der Waals surface area contributed by atoms with Gasteiger partial charge < -0.3 is 20.5 Å². The minimum atomic E-state index is -1.15. The Kier molecular flexibility index (Phi) is 7.16. The van der Waals surface area contributed by atoms with E-state index in [1.54, 1.807) is 0 Å². The molecule has 0 saturated carbocycles. The van der Waals surface area contributed by atoms with Gasteiger partial charge in [-0.3, -0.25) is 4.79 Å². The van der Waals surface area contributed by atoms with E-state index in [2.05, 4.69) is 21.9 Å². The normalized spacial score (nSPS) is 11.1. The minimum absolute atomic E-state index is 0.0309. The van der Waals surface area contributed by atoms with Gasteiger partial charge >= 0.3 is 18.0 Å². The second kappa shape index (κ2) is 8.14. The molecule has 1 unspecified atom stereocenters. The summed E-state index contributed by atoms with van der Waals surface area (Å²) in [4.78, 5) is 32.6. The fraction of sp³-hybridized carbons (Fsp3) is 0.500. The number of rotatable bonds is 7. The number of aliphatic carboxylic acids is 1. The van der Waals surface area contributed by atoms with Crippen molar-refractivity contribution in [3.8, 4) is 0 Å². The average molecular weight is 244 g/mol. The van der Waals surface area contributed by atoms with Crippen molar-refractivity contribution in [1.29, 1.82) is 0 Å². The van der Waals surface area contributed by atoms with Crippen LogP contribution in [0.25, 0.3) is 0 Å². The molecule has 0 aromatic heterocycles. The summed E-state index contributed by atoms with van der Waals surface area (Å²) in [5.74, 6) is -1.60. The summed E-state index contributed by atoms with van der Waals surface area (Å²) < 4.78 is 4.37. The van der Waals surface area contributed by atoms with Gasteiger partial charge in [-0.25, -0.2) is 9.59 Å². The Morgan fingerprint density at radius 3 is 2.59 bits per heavy atom. The summed E-state index contributed by atoms with van der Waals surface area (Å²) in [6.07, 6.45) is 1.55. The summed E-state index contributed by atoms with van der Waals surface area (Å²) >= 11 is 0. The molecule has 2 amide bonds. The lowest BCUT2D eigenvalue weighted by Crippen LogP contribution is -2.46. The van der Waals surface area contributed by atoms with E-state index in [0.717, 1.165) is 0 Å². The lowest BCUT2D eigenvalue weighted by Gasteiger charge is -2.13. The van der Waals surface area contributed by atoms with Crippen molar-refractivity contribution < 1.29 is 24.2 Å². The first-order valence-electron chi connectivity index (χ1n) is 4.96. The first-order valence-corrected chi connectivity index (χ1v) is 4.96. The van der Waals surface area contributed by atoms with E-state index in [1.165, 1.54) is 13.2 Å². The van der Waals surface area contributed by atoms with E-state index in [9.17, 15) is 14.4 Å². The maximum atomic E-state index is 11.2. The molecule has 0 aliphatic rings. The summed E-state index contributed by atoms with van der Waals surface area (Å²) in [6, 6.07) is -1.67. The van der Waals surface area contributed by atoms with Crippen molar-refractivity contribution in [2.75, 3.05) is 13.7 Å². The third-order valence-electron chi connectivity index (χ3n) is 1.85. The number of ether oxygens (including phenoxy) is 1. The zero-order chi connectivity index (χ0) is 13.3. The molecule has 96 valence electrons. The summed E-state index contributed by atoms with van der Waals surface area (Å²) in [5.41, 5.74) is 0. The number of esters is 1. The molecule has 1 atom stereocenters. The van der Waals surface area contributed by atoms with Gasteiger partial charge in [-0.1, -0.05) is 6.08 Å². The largest absolute Gasteiger partial charge is 0.480 e. The zero-order valence-corrected chi connectivity index (χ0v) is 9.56. The van der Waals surface area contributed by atoms with Crippen LogP contribution in [0.5, 0.6) is 0 Å². The molecule has 0 aromatic carbocycles. The van der Waals surface area contributed by atoms with Crippen LogP contribution in [0.3, 0.4) is 0 Å². The molecular weight excluding hydrogens is 228 g/mol. The molecule has 0 aliphatic heterocycles. The van der Waals surface area contributed by atoms with Gasteiger partial charge in [0, 0.05) is 6.54 Å². The molecule has 0 spiro atoms. The number of carboxylic acids is 1. The number of hydrogen-bond acceptors (Lipinski definition) is 4. The van der Waals surface area contributed by atoms with Crippen LogP contribution >= 0.6 is 0 Å². The van der Waals surface area contributed by atoms with Crippen LogP contribution in [0.15, 0.2) is 12.7 Å². The van der Waals surface area contributed by atoms with Crippen LogP contribution in [-0.4, -0.2) is 42.8 Å². The molecule has 0 fully saturated rings. The number of nitrogens with one attached hydrogen (secondary N) is 2. The highest BCUT2D eigenvalue weighted by atomic mass is 16.5. The van der Waals surface area contributed by atoms with Gasteiger partial charge in [0.1, 0.15) is 6.04 Å². The molecule has 0 bridgehead atoms. The van der Waals surface area contributed by atoms with Crippen molar-refractivity contribution in [1.82, 2.24) is 10.6 Å². The second-order valence-electron chi connectivity index (χ2n) is 3.14. The maximum Gasteiger partial charge on any atom is 0.326 e. The molecule has 0 aromatic rings. The molecular formula is C10H16N2O5. The number of carbonyl (C=O) groups excluding carboxylic acids is 2. The van der Waals surface area contributed by atoms with Crippen molar-refractivity contribution in [3.05, 3.63) is 12.7 Å². The number of urea groups is 1. The smallest absolute Gasteiger partial charge is 0.326 e. The molecule has 0 saturated heterocycles. The topological polar surface area (TPSA) is 105 Å². The maximum absolute atomic E-state index is 11.2. The first kappa shape index (κ1) is 14.9. The van der Waals surface area contributed by atoms with Crippen LogP contribution in [0.4, 0.5) is 4.79 Å². The highest BCUT2D eigenvalue weighted by molar-refractivity contribution is 5.82. The summed E-state index contributed by atoms with van der Waals surface area (Å²) in [7, 11) is 1.24. The van der Waals surface area contributed by atoms with Gasteiger partial charge in [-0.05, 0) is 6.42 Å². The fourth-order valence-corrected chi connectivity index (χ4v) is 0.978. The standard InChI is InChI=1S/C10H16N2O5/c1-3-4-7(9(14)15)12-10(16)11-6-5-8(13)17-2/h3,7H,1,4-6H2,2H3,(H,14,15)(H2,11,12,16). The Morgan fingerprint density at radius 1 is 1.47 bits per heavy atom. The minimum Gasteiger partial charge on any atom is -0.480 e. The van der Waals surface area contributed by atoms with Gasteiger partial charge in [0.15, 0.2) is 0 Å². The number of methoxy groups -OCH3 is 1. The zero-order valence-electron chi connectivity index (χ0n) is 9.56. The van der Waals surface area contributed by atoms with Crippen molar-refractivity contribution >= 4 is 18.0 Å². The van der Waals surface area contributed by atoms with E-state index < -0.39 is 24.0 Å². The molecule has 0 radical (unpaired) electrons. The van der Waals surface area contributed by atoms with E-state index in [1.807, 2.05) is 0 Å². The average Bonchev–Trinajstić information content (AvgIpc) is 2.28. The third kappa shape index (κ3) is 6.93. The Hall–Kier alpha value is -2.05. The Labute approximate surface area is 98.8 Å². The van der Waals surface area contributed by atoms with Gasteiger partial charge in [0.05, 0.1) is 13.5 Å². The SMILES string of the molecule is C=CCC(NC(=O)NCCC(=O)OC)C(=O)O. The molecule has 0 rings (SSSR count). The number of amides is 2. The van der Waals surface area contributed by atoms with E-state index in [0.29, 0.717) is 0 Å². The Balaban J connectivity index is 3.94. The Bertz CT molecular complexity index is 303. The molecule has 0 aliphatic carbocycles. The lowest BCUT2D eigenvalue weighted by atomic mass is 10.2. The highest BCUT2D eigenvalue weighted by Crippen LogP contribution is 1.93. The summed E-state index contributed by atoms with van der Waals surface area (Å²) in [6.45, 7) is 3.47. The van der Waals surface area contributed by atoms with Crippen molar-refractivity contribution in [2.24, 2.45) is 0 Å². The number of hydrogen-bond donors (Lipinski definition) is 3. The molecule has 17 heavy (non-hydrogen) atoms.